The third-order valence-electron chi connectivity index (χ3n) is 10.3. The molecule has 1 N–H and O–H groups in total. The summed E-state index contributed by atoms with van der Waals surface area (Å²) >= 11 is 0. The van der Waals surface area contributed by atoms with Gasteiger partial charge in [-0.15, -0.1) is 13.2 Å². The van der Waals surface area contributed by atoms with Crippen LogP contribution in [0, 0.1) is 17.8 Å². The van der Waals surface area contributed by atoms with Gasteiger partial charge < -0.3 is 29.3 Å². The SMILES string of the molecule is C=CCN(C(=O)[C@@H]1[C@H]2C(=O)N([C@@H](CO)C(C)C)C(C(=O)N(CC=C)C(C)CCC)C23CC[C@@]1(CC)O3)c1ccc(OCC)cc1. The zero-order valence-electron chi connectivity index (χ0n) is 28.0. The monoisotopic (exact) mass is 623 g/mol. The van der Waals surface area contributed by atoms with Gasteiger partial charge in [0.15, 0.2) is 0 Å². The van der Waals surface area contributed by atoms with E-state index in [-0.39, 0.29) is 42.8 Å². The Morgan fingerprint density at radius 2 is 1.76 bits per heavy atom. The number of rotatable bonds is 16. The first kappa shape index (κ1) is 34.7. The van der Waals surface area contributed by atoms with Crippen LogP contribution < -0.4 is 9.64 Å². The molecule has 2 bridgehead atoms. The average Bonchev–Trinajstić information content (AvgIpc) is 3.63. The van der Waals surface area contributed by atoms with Gasteiger partial charge in [-0.3, -0.25) is 14.4 Å². The number of anilines is 1. The van der Waals surface area contributed by atoms with Crippen molar-refractivity contribution in [1.82, 2.24) is 9.80 Å². The van der Waals surface area contributed by atoms with Crippen LogP contribution in [0.1, 0.15) is 73.6 Å². The van der Waals surface area contributed by atoms with Crippen LogP contribution in [0.5, 0.6) is 5.75 Å². The number of benzene rings is 1. The number of aliphatic hydroxyl groups is 1. The fourth-order valence-corrected chi connectivity index (χ4v) is 8.15. The van der Waals surface area contributed by atoms with Crippen LogP contribution in [0.25, 0.3) is 0 Å². The minimum Gasteiger partial charge on any atom is -0.494 e. The number of carbonyl (C=O) groups is 3. The molecule has 3 amide bonds. The molecule has 0 radical (unpaired) electrons. The van der Waals surface area contributed by atoms with Crippen molar-refractivity contribution in [3.05, 3.63) is 49.6 Å². The third kappa shape index (κ3) is 5.82. The molecule has 3 unspecified atom stereocenters. The topological polar surface area (TPSA) is 99.6 Å². The number of nitrogens with zero attached hydrogens (tertiary/aromatic N) is 3. The van der Waals surface area contributed by atoms with E-state index in [0.29, 0.717) is 43.9 Å². The maximum Gasteiger partial charge on any atom is 0.248 e. The van der Waals surface area contributed by atoms with Crippen molar-refractivity contribution in [2.24, 2.45) is 17.8 Å². The Bertz CT molecular complexity index is 1250. The molecular weight excluding hydrogens is 570 g/mol. The van der Waals surface area contributed by atoms with Gasteiger partial charge in [0.1, 0.15) is 17.4 Å². The lowest BCUT2D eigenvalue weighted by atomic mass is 9.64. The molecule has 3 aliphatic rings. The lowest BCUT2D eigenvalue weighted by molar-refractivity contribution is -0.158. The predicted molar refractivity (Wildman–Crippen MR) is 176 cm³/mol. The summed E-state index contributed by atoms with van der Waals surface area (Å²) in [6.45, 7) is 20.5. The van der Waals surface area contributed by atoms with Gasteiger partial charge in [-0.25, -0.2) is 0 Å². The van der Waals surface area contributed by atoms with Crippen molar-refractivity contribution in [1.29, 1.82) is 0 Å². The highest BCUT2D eigenvalue weighted by molar-refractivity contribution is 6.03. The van der Waals surface area contributed by atoms with Crippen LogP contribution in [0.3, 0.4) is 0 Å². The number of hydrogen-bond acceptors (Lipinski definition) is 6. The minimum absolute atomic E-state index is 0.0848. The molecule has 9 heteroatoms. The molecule has 248 valence electrons. The van der Waals surface area contributed by atoms with Gasteiger partial charge >= 0.3 is 0 Å². The maximum absolute atomic E-state index is 14.8. The average molecular weight is 624 g/mol. The molecular formula is C36H53N3O6. The van der Waals surface area contributed by atoms with Crippen LogP contribution >= 0.6 is 0 Å². The highest BCUT2D eigenvalue weighted by atomic mass is 16.5. The van der Waals surface area contributed by atoms with Crippen LogP contribution in [0.2, 0.25) is 0 Å². The number of carbonyl (C=O) groups excluding carboxylic acids is 3. The van der Waals surface area contributed by atoms with E-state index in [0.717, 1.165) is 12.8 Å². The summed E-state index contributed by atoms with van der Waals surface area (Å²) in [7, 11) is 0. The van der Waals surface area contributed by atoms with Crippen molar-refractivity contribution in [3.8, 4) is 5.75 Å². The van der Waals surface area contributed by atoms with Gasteiger partial charge in [-0.2, -0.15) is 0 Å². The van der Waals surface area contributed by atoms with Crippen molar-refractivity contribution < 1.29 is 29.0 Å². The summed E-state index contributed by atoms with van der Waals surface area (Å²) in [5.74, 6) is -1.81. The molecule has 0 aromatic heterocycles. The van der Waals surface area contributed by atoms with Crippen LogP contribution in [0.15, 0.2) is 49.6 Å². The Labute approximate surface area is 269 Å². The number of fused-ring (bicyclic) bond motifs is 1. The highest BCUT2D eigenvalue weighted by Crippen LogP contribution is 2.65. The molecule has 3 fully saturated rings. The predicted octanol–water partition coefficient (Wildman–Crippen LogP) is 4.98. The van der Waals surface area contributed by atoms with E-state index in [9.17, 15) is 19.5 Å². The van der Waals surface area contributed by atoms with Crippen molar-refractivity contribution in [2.75, 3.05) is 31.2 Å². The van der Waals surface area contributed by atoms with Gasteiger partial charge in [-0.1, -0.05) is 46.3 Å². The lowest BCUT2D eigenvalue weighted by Crippen LogP contribution is -2.60. The van der Waals surface area contributed by atoms with Crippen LogP contribution in [-0.2, 0) is 19.1 Å². The largest absolute Gasteiger partial charge is 0.494 e. The number of likely N-dealkylation sites (tertiary alicyclic amines) is 1. The van der Waals surface area contributed by atoms with E-state index in [1.165, 1.54) is 0 Å². The van der Waals surface area contributed by atoms with Gasteiger partial charge in [0.05, 0.1) is 36.7 Å². The Morgan fingerprint density at radius 1 is 1.09 bits per heavy atom. The Balaban J connectivity index is 1.85. The molecule has 4 rings (SSSR count). The number of hydrogen-bond donors (Lipinski definition) is 1. The van der Waals surface area contributed by atoms with E-state index in [1.54, 1.807) is 26.9 Å². The Morgan fingerprint density at radius 3 is 2.29 bits per heavy atom. The van der Waals surface area contributed by atoms with Crippen molar-refractivity contribution in [2.45, 2.75) is 103 Å². The van der Waals surface area contributed by atoms with Gasteiger partial charge in [-0.05, 0) is 69.7 Å². The summed E-state index contributed by atoms with van der Waals surface area (Å²) in [5.41, 5.74) is -1.41. The quantitative estimate of drug-likeness (QED) is 0.261. The van der Waals surface area contributed by atoms with E-state index in [1.807, 2.05) is 58.9 Å². The van der Waals surface area contributed by atoms with Crippen molar-refractivity contribution in [3.63, 3.8) is 0 Å². The smallest absolute Gasteiger partial charge is 0.248 e. The van der Waals surface area contributed by atoms with E-state index >= 15 is 0 Å². The molecule has 9 nitrogen and oxygen atoms in total. The van der Waals surface area contributed by atoms with E-state index < -0.39 is 35.1 Å². The molecule has 1 aromatic rings. The lowest BCUT2D eigenvalue weighted by Gasteiger charge is -2.42. The normalized spacial score (nSPS) is 28.1. The third-order valence-corrected chi connectivity index (χ3v) is 10.3. The summed E-state index contributed by atoms with van der Waals surface area (Å²) in [5, 5.41) is 10.6. The first-order valence-electron chi connectivity index (χ1n) is 16.7. The van der Waals surface area contributed by atoms with E-state index in [2.05, 4.69) is 20.1 Å². The van der Waals surface area contributed by atoms with Crippen LogP contribution in [-0.4, -0.2) is 88.3 Å². The van der Waals surface area contributed by atoms with Gasteiger partial charge in [0.2, 0.25) is 17.7 Å². The number of amides is 3. The minimum atomic E-state index is -1.18. The maximum atomic E-state index is 14.8. The van der Waals surface area contributed by atoms with Crippen LogP contribution in [0.4, 0.5) is 5.69 Å². The summed E-state index contributed by atoms with van der Waals surface area (Å²) in [4.78, 5) is 49.5. The van der Waals surface area contributed by atoms with Crippen molar-refractivity contribution >= 4 is 23.4 Å². The highest BCUT2D eigenvalue weighted by Gasteiger charge is 2.79. The second kappa shape index (κ2) is 14.1. The Hall–Kier alpha value is -3.17. The molecule has 45 heavy (non-hydrogen) atoms. The molecule has 1 aromatic carbocycles. The standard InChI is InChI=1S/C36H53N3O6/c1-9-14-25(8)37(21-10-2)34(43)31-36-20-19-35(12-4,45-36)29(30(36)33(42)39(31)28(23-40)24(6)7)32(41)38(22-11-3)26-15-17-27(18-16-26)44-13-5/h10-11,15-18,24-25,28-31,40H,2-3,9,12-14,19-23H2,1,4-8H3/t25?,28-,29-,30-,31?,35+,36?/m0/s1. The molecule has 0 aliphatic carbocycles. The second-order valence-electron chi connectivity index (χ2n) is 13.2. The number of ether oxygens (including phenoxy) is 2. The summed E-state index contributed by atoms with van der Waals surface area (Å²) in [6, 6.07) is 5.68. The second-order valence-corrected chi connectivity index (χ2v) is 13.2. The molecule has 7 atom stereocenters. The Kier molecular flexibility index (Phi) is 10.9. The summed E-state index contributed by atoms with van der Waals surface area (Å²) < 4.78 is 12.7. The molecule has 3 heterocycles. The first-order chi connectivity index (χ1) is 21.5. The number of aliphatic hydroxyl groups excluding tert-OH is 1. The zero-order chi connectivity index (χ0) is 33.1. The molecule has 1 spiro atoms. The molecule has 3 saturated heterocycles. The fraction of sp³-hybridized carbons (Fsp3) is 0.639. The zero-order valence-corrected chi connectivity index (χ0v) is 28.0. The molecule has 3 aliphatic heterocycles. The summed E-state index contributed by atoms with van der Waals surface area (Å²) in [6.07, 6.45) is 6.65. The first-order valence-corrected chi connectivity index (χ1v) is 16.7. The van der Waals surface area contributed by atoms with E-state index in [4.69, 9.17) is 9.47 Å². The van der Waals surface area contributed by atoms with Gasteiger partial charge in [0, 0.05) is 24.8 Å². The molecule has 0 saturated carbocycles. The fourth-order valence-electron chi connectivity index (χ4n) is 8.15. The van der Waals surface area contributed by atoms with Gasteiger partial charge in [0.25, 0.3) is 0 Å².